The Hall–Kier alpha value is 0.310. The fraction of sp³-hybridized carbons (Fsp3) is 1.00. The van der Waals surface area contributed by atoms with E-state index in [9.17, 15) is 0 Å². The Kier molecular flexibility index (Phi) is 3.13. The molecule has 14 heavy (non-hydrogen) atoms. The third kappa shape index (κ3) is 2.11. The second-order valence-corrected chi connectivity index (χ2v) is 5.90. The molecule has 1 nitrogen and oxygen atoms in total. The summed E-state index contributed by atoms with van der Waals surface area (Å²) in [5.74, 6) is 1.92. The molecule has 2 heteroatoms. The van der Waals surface area contributed by atoms with Gasteiger partial charge in [0.2, 0.25) is 0 Å². The molecular formula is C12H23NS. The molecule has 82 valence electrons. The number of nitrogens with zero attached hydrogens (tertiary/aromatic N) is 1. The minimum atomic E-state index is 0.612. The van der Waals surface area contributed by atoms with Crippen LogP contribution in [-0.2, 0) is 0 Å². The Morgan fingerprint density at radius 1 is 1.43 bits per heavy atom. The molecule has 1 unspecified atom stereocenters. The van der Waals surface area contributed by atoms with E-state index in [0.29, 0.717) is 5.41 Å². The van der Waals surface area contributed by atoms with Crippen molar-refractivity contribution in [3.63, 3.8) is 0 Å². The van der Waals surface area contributed by atoms with Crippen LogP contribution >= 0.6 is 12.6 Å². The molecule has 0 aromatic rings. The van der Waals surface area contributed by atoms with Gasteiger partial charge in [0.1, 0.15) is 0 Å². The van der Waals surface area contributed by atoms with Crippen LogP contribution in [0.2, 0.25) is 0 Å². The van der Waals surface area contributed by atoms with Gasteiger partial charge in [-0.25, -0.2) is 0 Å². The van der Waals surface area contributed by atoms with E-state index in [1.165, 1.54) is 38.8 Å². The molecule has 2 rings (SSSR count). The highest BCUT2D eigenvalue weighted by molar-refractivity contribution is 7.80. The first-order valence-electron chi connectivity index (χ1n) is 6.02. The lowest BCUT2D eigenvalue weighted by atomic mass is 10.0. The number of hydrogen-bond donors (Lipinski definition) is 1. The van der Waals surface area contributed by atoms with Gasteiger partial charge in [-0.1, -0.05) is 13.8 Å². The van der Waals surface area contributed by atoms with Gasteiger partial charge in [-0.2, -0.15) is 12.6 Å². The van der Waals surface area contributed by atoms with Gasteiger partial charge in [0.25, 0.3) is 0 Å². The van der Waals surface area contributed by atoms with Crippen molar-refractivity contribution in [1.82, 2.24) is 4.90 Å². The summed E-state index contributed by atoms with van der Waals surface area (Å²) in [7, 11) is 0. The largest absolute Gasteiger partial charge is 0.300 e. The lowest BCUT2D eigenvalue weighted by molar-refractivity contribution is 0.176. The standard InChI is InChI=1S/C12H23NS/c1-10(2)11-4-3-7-13(11)8-12(9-14)5-6-12/h10-11,14H,3-9H2,1-2H3. The molecule has 1 saturated carbocycles. The molecule has 0 aromatic heterocycles. The summed E-state index contributed by atoms with van der Waals surface area (Å²) in [5, 5.41) is 0. The van der Waals surface area contributed by atoms with Gasteiger partial charge in [0.15, 0.2) is 0 Å². The highest BCUT2D eigenvalue weighted by Gasteiger charge is 2.44. The summed E-state index contributed by atoms with van der Waals surface area (Å²) >= 11 is 4.49. The van der Waals surface area contributed by atoms with E-state index in [1.54, 1.807) is 0 Å². The average molecular weight is 213 g/mol. The normalized spacial score (nSPS) is 31.3. The zero-order valence-corrected chi connectivity index (χ0v) is 10.4. The highest BCUT2D eigenvalue weighted by atomic mass is 32.1. The summed E-state index contributed by atoms with van der Waals surface area (Å²) < 4.78 is 0. The first-order chi connectivity index (χ1) is 6.67. The van der Waals surface area contributed by atoms with Gasteiger partial charge in [-0.3, -0.25) is 4.90 Å². The maximum atomic E-state index is 4.49. The zero-order chi connectivity index (χ0) is 10.2. The van der Waals surface area contributed by atoms with Gasteiger partial charge in [-0.05, 0) is 49.3 Å². The van der Waals surface area contributed by atoms with Crippen molar-refractivity contribution < 1.29 is 0 Å². The molecular weight excluding hydrogens is 190 g/mol. The number of thiol groups is 1. The molecule has 0 radical (unpaired) electrons. The van der Waals surface area contributed by atoms with Crippen LogP contribution in [0.25, 0.3) is 0 Å². The monoisotopic (exact) mass is 213 g/mol. The van der Waals surface area contributed by atoms with E-state index < -0.39 is 0 Å². The van der Waals surface area contributed by atoms with Crippen LogP contribution in [-0.4, -0.2) is 29.8 Å². The smallest absolute Gasteiger partial charge is 0.0119 e. The van der Waals surface area contributed by atoms with E-state index in [1.807, 2.05) is 0 Å². The first-order valence-corrected chi connectivity index (χ1v) is 6.65. The van der Waals surface area contributed by atoms with Crippen molar-refractivity contribution in [3.05, 3.63) is 0 Å². The lowest BCUT2D eigenvalue weighted by Crippen LogP contribution is -2.38. The van der Waals surface area contributed by atoms with E-state index in [2.05, 4.69) is 31.4 Å². The van der Waals surface area contributed by atoms with Crippen LogP contribution in [0.1, 0.15) is 39.5 Å². The molecule has 0 N–H and O–H groups in total. The molecule has 1 aliphatic heterocycles. The molecule has 0 amide bonds. The SMILES string of the molecule is CC(C)C1CCCN1CC1(CS)CC1. The Balaban J connectivity index is 1.90. The topological polar surface area (TPSA) is 3.24 Å². The van der Waals surface area contributed by atoms with Crippen LogP contribution in [0.3, 0.4) is 0 Å². The van der Waals surface area contributed by atoms with Gasteiger partial charge in [0, 0.05) is 12.6 Å². The predicted octanol–water partition coefficient (Wildman–Crippen LogP) is 2.82. The number of likely N-dealkylation sites (tertiary alicyclic amines) is 1. The van der Waals surface area contributed by atoms with E-state index in [-0.39, 0.29) is 0 Å². The second kappa shape index (κ2) is 4.05. The average Bonchev–Trinajstić information content (AvgIpc) is 2.76. The van der Waals surface area contributed by atoms with Gasteiger partial charge >= 0.3 is 0 Å². The minimum Gasteiger partial charge on any atom is -0.300 e. The fourth-order valence-electron chi connectivity index (χ4n) is 2.78. The van der Waals surface area contributed by atoms with Crippen molar-refractivity contribution >= 4 is 12.6 Å². The van der Waals surface area contributed by atoms with Crippen LogP contribution in [0.15, 0.2) is 0 Å². The van der Waals surface area contributed by atoms with Gasteiger partial charge in [-0.15, -0.1) is 0 Å². The molecule has 2 fully saturated rings. The van der Waals surface area contributed by atoms with Crippen molar-refractivity contribution in [2.24, 2.45) is 11.3 Å². The van der Waals surface area contributed by atoms with Crippen molar-refractivity contribution in [3.8, 4) is 0 Å². The maximum Gasteiger partial charge on any atom is 0.0119 e. The molecule has 1 atom stereocenters. The molecule has 0 bridgehead atoms. The molecule has 0 aromatic carbocycles. The summed E-state index contributed by atoms with van der Waals surface area (Å²) in [5.41, 5.74) is 0.612. The van der Waals surface area contributed by atoms with Crippen LogP contribution in [0, 0.1) is 11.3 Å². The minimum absolute atomic E-state index is 0.612. The number of rotatable bonds is 4. The second-order valence-electron chi connectivity index (χ2n) is 5.58. The molecule has 1 saturated heterocycles. The van der Waals surface area contributed by atoms with Gasteiger partial charge < -0.3 is 0 Å². The molecule has 1 heterocycles. The van der Waals surface area contributed by atoms with Crippen molar-refractivity contribution in [2.45, 2.75) is 45.6 Å². The third-order valence-corrected chi connectivity index (χ3v) is 4.69. The first kappa shape index (κ1) is 10.8. The van der Waals surface area contributed by atoms with Crippen LogP contribution in [0.5, 0.6) is 0 Å². The Morgan fingerprint density at radius 3 is 2.64 bits per heavy atom. The van der Waals surface area contributed by atoms with Crippen LogP contribution in [0.4, 0.5) is 0 Å². The third-order valence-electron chi connectivity index (χ3n) is 4.01. The van der Waals surface area contributed by atoms with Crippen molar-refractivity contribution in [2.75, 3.05) is 18.8 Å². The molecule has 1 aliphatic carbocycles. The Morgan fingerprint density at radius 2 is 2.14 bits per heavy atom. The summed E-state index contributed by atoms with van der Waals surface area (Å²) in [6.45, 7) is 7.38. The number of hydrogen-bond acceptors (Lipinski definition) is 2. The van der Waals surface area contributed by atoms with E-state index in [4.69, 9.17) is 0 Å². The summed E-state index contributed by atoms with van der Waals surface area (Å²) in [6.07, 6.45) is 5.65. The highest BCUT2D eigenvalue weighted by Crippen LogP contribution is 2.48. The Bertz CT molecular complexity index is 198. The fourth-order valence-corrected chi connectivity index (χ4v) is 3.19. The maximum absolute atomic E-state index is 4.49. The lowest BCUT2D eigenvalue weighted by Gasteiger charge is -2.30. The van der Waals surface area contributed by atoms with Crippen LogP contribution < -0.4 is 0 Å². The predicted molar refractivity (Wildman–Crippen MR) is 65.0 cm³/mol. The molecule has 2 aliphatic rings. The van der Waals surface area contributed by atoms with Gasteiger partial charge in [0.05, 0.1) is 0 Å². The van der Waals surface area contributed by atoms with Crippen molar-refractivity contribution in [1.29, 1.82) is 0 Å². The zero-order valence-electron chi connectivity index (χ0n) is 9.50. The van der Waals surface area contributed by atoms with E-state index in [0.717, 1.165) is 17.7 Å². The summed E-state index contributed by atoms with van der Waals surface area (Å²) in [4.78, 5) is 2.73. The summed E-state index contributed by atoms with van der Waals surface area (Å²) in [6, 6.07) is 0.854. The molecule has 0 spiro atoms. The Labute approximate surface area is 93.7 Å². The van der Waals surface area contributed by atoms with E-state index >= 15 is 0 Å². The quantitative estimate of drug-likeness (QED) is 0.703.